The summed E-state index contributed by atoms with van der Waals surface area (Å²) in [7, 11) is 0. The van der Waals surface area contributed by atoms with E-state index in [4.69, 9.17) is 27.9 Å². The summed E-state index contributed by atoms with van der Waals surface area (Å²) in [4.78, 5) is 0. The van der Waals surface area contributed by atoms with Crippen molar-refractivity contribution in [1.29, 1.82) is 0 Å². The fourth-order valence-corrected chi connectivity index (χ4v) is 2.85. The summed E-state index contributed by atoms with van der Waals surface area (Å²) in [5, 5.41) is 3.89. The predicted octanol–water partition coefficient (Wildman–Crippen LogP) is 5.65. The van der Waals surface area contributed by atoms with Crippen molar-refractivity contribution in [3.8, 4) is 11.5 Å². The van der Waals surface area contributed by atoms with Crippen LogP contribution in [-0.2, 0) is 0 Å². The second-order valence-corrected chi connectivity index (χ2v) is 6.44. The van der Waals surface area contributed by atoms with Gasteiger partial charge in [0.2, 0.25) is 0 Å². The Morgan fingerprint density at radius 2 is 1.65 bits per heavy atom. The van der Waals surface area contributed by atoms with Crippen LogP contribution in [0.2, 0.25) is 10.0 Å². The minimum absolute atomic E-state index is 0. The lowest BCUT2D eigenvalue weighted by Crippen LogP contribution is -2.46. The van der Waals surface area contributed by atoms with Gasteiger partial charge < -0.3 is 14.8 Å². The van der Waals surface area contributed by atoms with Crippen LogP contribution in [0.25, 0.3) is 0 Å². The van der Waals surface area contributed by atoms with Crippen molar-refractivity contribution in [2.45, 2.75) is 12.5 Å². The Morgan fingerprint density at radius 1 is 1.00 bits per heavy atom. The average molecular weight is 429 g/mol. The van der Waals surface area contributed by atoms with Crippen molar-refractivity contribution in [2.75, 3.05) is 13.1 Å². The molecule has 3 rings (SSSR count). The van der Waals surface area contributed by atoms with Crippen molar-refractivity contribution < 1.29 is 22.6 Å². The first-order valence-corrected chi connectivity index (χ1v) is 8.26. The molecule has 0 spiro atoms. The Kier molecular flexibility index (Phi) is 6.91. The van der Waals surface area contributed by atoms with Gasteiger partial charge in [0.05, 0.1) is 10.0 Å². The van der Waals surface area contributed by atoms with Gasteiger partial charge in [-0.3, -0.25) is 0 Å². The molecule has 0 aliphatic carbocycles. The molecule has 0 radical (unpaired) electrons. The van der Waals surface area contributed by atoms with Crippen molar-refractivity contribution in [3.05, 3.63) is 58.1 Å². The molecule has 3 nitrogen and oxygen atoms in total. The Bertz CT molecular complexity index is 754. The monoisotopic (exact) mass is 427 g/mol. The number of halogens is 6. The number of alkyl halides is 3. The summed E-state index contributed by atoms with van der Waals surface area (Å²) < 4.78 is 47.8. The maximum Gasteiger partial charge on any atom is 0.573 e. The maximum atomic E-state index is 12.6. The highest BCUT2D eigenvalue weighted by atomic mass is 35.5. The first kappa shape index (κ1) is 21.0. The van der Waals surface area contributed by atoms with Gasteiger partial charge in [0.1, 0.15) is 6.10 Å². The highest BCUT2D eigenvalue weighted by Crippen LogP contribution is 2.38. The van der Waals surface area contributed by atoms with E-state index in [9.17, 15) is 13.2 Å². The molecule has 2 aromatic carbocycles. The summed E-state index contributed by atoms with van der Waals surface area (Å²) in [6, 6.07) is 10.8. The largest absolute Gasteiger partial charge is 0.573 e. The molecule has 0 bridgehead atoms. The van der Waals surface area contributed by atoms with E-state index in [1.54, 1.807) is 24.3 Å². The molecular weight excluding hydrogens is 414 g/mol. The van der Waals surface area contributed by atoms with E-state index in [0.29, 0.717) is 23.1 Å². The van der Waals surface area contributed by atoms with Crippen LogP contribution in [0.5, 0.6) is 11.5 Å². The molecule has 142 valence electrons. The molecule has 0 amide bonds. The Morgan fingerprint density at radius 3 is 2.19 bits per heavy atom. The third-order valence-corrected chi connectivity index (χ3v) is 4.58. The Labute approximate surface area is 164 Å². The van der Waals surface area contributed by atoms with Gasteiger partial charge in [0, 0.05) is 19.0 Å². The van der Waals surface area contributed by atoms with Crippen LogP contribution in [-0.4, -0.2) is 19.5 Å². The van der Waals surface area contributed by atoms with Crippen molar-refractivity contribution in [1.82, 2.24) is 5.32 Å². The molecule has 1 N–H and O–H groups in total. The minimum Gasteiger partial charge on any atom is -0.481 e. The lowest BCUT2D eigenvalue weighted by molar-refractivity contribution is -0.275. The van der Waals surface area contributed by atoms with Crippen LogP contribution < -0.4 is 14.8 Å². The fraction of sp³-hybridized carbons (Fsp3) is 0.294. The van der Waals surface area contributed by atoms with Gasteiger partial charge in [0.15, 0.2) is 11.5 Å². The number of rotatable bonds is 5. The Balaban J connectivity index is 0.00000243. The van der Waals surface area contributed by atoms with Gasteiger partial charge in [0.25, 0.3) is 0 Å². The quantitative estimate of drug-likeness (QED) is 0.667. The van der Waals surface area contributed by atoms with E-state index in [1.165, 1.54) is 18.2 Å². The lowest BCUT2D eigenvalue weighted by atomic mass is 9.91. The van der Waals surface area contributed by atoms with Crippen molar-refractivity contribution in [2.24, 2.45) is 5.92 Å². The van der Waals surface area contributed by atoms with E-state index in [-0.39, 0.29) is 29.8 Å². The fourth-order valence-electron chi connectivity index (χ4n) is 2.54. The molecule has 0 unspecified atom stereocenters. The van der Waals surface area contributed by atoms with Gasteiger partial charge in [-0.15, -0.1) is 25.6 Å². The molecule has 26 heavy (non-hydrogen) atoms. The SMILES string of the molecule is Cl.FC(F)(F)Oc1ccccc1O[C@H](c1ccc(Cl)c(Cl)c1)C1CNC1. The van der Waals surface area contributed by atoms with Crippen LogP contribution in [0.15, 0.2) is 42.5 Å². The van der Waals surface area contributed by atoms with Crippen molar-refractivity contribution >= 4 is 35.6 Å². The van der Waals surface area contributed by atoms with E-state index >= 15 is 0 Å². The number of ether oxygens (including phenoxy) is 2. The zero-order valence-corrected chi connectivity index (χ0v) is 15.6. The molecule has 1 atom stereocenters. The highest BCUT2D eigenvalue weighted by Gasteiger charge is 2.34. The first-order valence-electron chi connectivity index (χ1n) is 7.50. The Hall–Kier alpha value is -1.34. The molecule has 1 saturated heterocycles. The van der Waals surface area contributed by atoms with Gasteiger partial charge in [-0.2, -0.15) is 0 Å². The van der Waals surface area contributed by atoms with E-state index in [2.05, 4.69) is 10.1 Å². The molecular formula is C17H15Cl3F3NO2. The smallest absolute Gasteiger partial charge is 0.481 e. The molecule has 0 aromatic heterocycles. The van der Waals surface area contributed by atoms with Crippen LogP contribution in [0, 0.1) is 5.92 Å². The van der Waals surface area contributed by atoms with E-state index < -0.39 is 12.5 Å². The second kappa shape index (κ2) is 8.57. The molecule has 1 aliphatic heterocycles. The predicted molar refractivity (Wildman–Crippen MR) is 96.6 cm³/mol. The normalized spacial score (nSPS) is 15.6. The summed E-state index contributed by atoms with van der Waals surface area (Å²) in [6.45, 7) is 1.38. The third kappa shape index (κ3) is 5.10. The summed E-state index contributed by atoms with van der Waals surface area (Å²) in [5.41, 5.74) is 0.739. The van der Waals surface area contributed by atoms with Gasteiger partial charge in [-0.1, -0.05) is 41.4 Å². The third-order valence-electron chi connectivity index (χ3n) is 3.84. The molecule has 1 heterocycles. The summed E-state index contributed by atoms with van der Waals surface area (Å²) in [6.07, 6.45) is -5.27. The first-order chi connectivity index (χ1) is 11.8. The lowest BCUT2D eigenvalue weighted by Gasteiger charge is -2.35. The summed E-state index contributed by atoms with van der Waals surface area (Å²) >= 11 is 12.0. The van der Waals surface area contributed by atoms with Crippen LogP contribution >= 0.6 is 35.6 Å². The van der Waals surface area contributed by atoms with Crippen molar-refractivity contribution in [3.63, 3.8) is 0 Å². The zero-order valence-electron chi connectivity index (χ0n) is 13.2. The summed E-state index contributed by atoms with van der Waals surface area (Å²) in [5.74, 6) is -0.272. The number of benzene rings is 2. The van der Waals surface area contributed by atoms with E-state index in [1.807, 2.05) is 0 Å². The zero-order chi connectivity index (χ0) is 18.0. The molecule has 2 aromatic rings. The van der Waals surface area contributed by atoms with Crippen LogP contribution in [0.4, 0.5) is 13.2 Å². The molecule has 0 saturated carbocycles. The number of hydrogen-bond acceptors (Lipinski definition) is 3. The second-order valence-electron chi connectivity index (χ2n) is 5.62. The number of nitrogens with one attached hydrogen (secondary N) is 1. The van der Waals surface area contributed by atoms with Gasteiger partial charge in [-0.25, -0.2) is 0 Å². The van der Waals surface area contributed by atoms with Gasteiger partial charge in [-0.05, 0) is 29.8 Å². The van der Waals surface area contributed by atoms with Gasteiger partial charge >= 0.3 is 6.36 Å². The average Bonchev–Trinajstić information content (AvgIpc) is 2.48. The topological polar surface area (TPSA) is 30.5 Å². The molecule has 1 fully saturated rings. The standard InChI is InChI=1S/C17H14Cl2F3NO2.ClH/c18-12-6-5-10(7-13(12)19)16(11-8-23-9-11)24-14-3-1-2-4-15(14)25-17(20,21)22;/h1-7,11,16,23H,8-9H2;1H/t16-;/m1./s1. The highest BCUT2D eigenvalue weighted by molar-refractivity contribution is 6.42. The number of hydrogen-bond donors (Lipinski definition) is 1. The van der Waals surface area contributed by atoms with E-state index in [0.717, 1.165) is 5.56 Å². The van der Waals surface area contributed by atoms with Crippen LogP contribution in [0.1, 0.15) is 11.7 Å². The van der Waals surface area contributed by atoms with Crippen LogP contribution in [0.3, 0.4) is 0 Å². The molecule has 9 heteroatoms. The molecule has 1 aliphatic rings. The minimum atomic E-state index is -4.80. The number of para-hydroxylation sites is 2. The maximum absolute atomic E-state index is 12.6.